The van der Waals surface area contributed by atoms with Crippen molar-refractivity contribution in [2.24, 2.45) is 0 Å². The number of aromatic nitrogens is 2. The highest BCUT2D eigenvalue weighted by molar-refractivity contribution is 5.90. The van der Waals surface area contributed by atoms with E-state index in [9.17, 15) is 18.0 Å². The summed E-state index contributed by atoms with van der Waals surface area (Å²) in [5, 5.41) is 4.24. The average molecular weight is 509 g/mol. The Hall–Kier alpha value is -4.05. The number of fused-ring (bicyclic) bond motifs is 1. The van der Waals surface area contributed by atoms with E-state index in [0.29, 0.717) is 5.69 Å². The van der Waals surface area contributed by atoms with Gasteiger partial charge in [0, 0.05) is 49.3 Å². The molecule has 0 atom stereocenters. The molecule has 37 heavy (non-hydrogen) atoms. The highest BCUT2D eigenvalue weighted by atomic mass is 19.4. The van der Waals surface area contributed by atoms with Gasteiger partial charge in [-0.15, -0.1) is 0 Å². The van der Waals surface area contributed by atoms with Crippen LogP contribution >= 0.6 is 0 Å². The summed E-state index contributed by atoms with van der Waals surface area (Å²) in [5.41, 5.74) is 6.08. The minimum atomic E-state index is -4.47. The molecule has 2 aromatic heterocycles. The van der Waals surface area contributed by atoms with E-state index in [0.717, 1.165) is 54.2 Å². The van der Waals surface area contributed by atoms with Crippen LogP contribution < -0.4 is 15.5 Å². The largest absolute Gasteiger partial charge is 0.405 e. The number of nitrogens with zero attached hydrogens (tertiary/aromatic N) is 4. The third-order valence-corrected chi connectivity index (χ3v) is 6.45. The molecule has 1 fully saturated rings. The van der Waals surface area contributed by atoms with E-state index in [1.54, 1.807) is 29.7 Å². The molecule has 2 N–H and O–H groups in total. The summed E-state index contributed by atoms with van der Waals surface area (Å²) in [4.78, 5) is 21.1. The van der Waals surface area contributed by atoms with Gasteiger partial charge in [-0.25, -0.2) is 9.78 Å². The number of urea groups is 1. The molecule has 1 aliphatic rings. The number of rotatable bonds is 5. The second-order valence-electron chi connectivity index (χ2n) is 9.13. The Morgan fingerprint density at radius 3 is 2.43 bits per heavy atom. The number of hydrogen-bond acceptors (Lipinski definition) is 4. The lowest BCUT2D eigenvalue weighted by molar-refractivity contribution is -0.122. The SMILES string of the molecule is CN1CCN(c2ccc(-c3ccn4c(-c5cccc(NC(=O)NCC(F)(F)F)c5)cnc4c3)cc2)CC1. The first kappa shape index (κ1) is 24.6. The van der Waals surface area contributed by atoms with Gasteiger partial charge in [0.25, 0.3) is 0 Å². The lowest BCUT2D eigenvalue weighted by Crippen LogP contribution is -2.44. The molecule has 1 saturated heterocycles. The van der Waals surface area contributed by atoms with E-state index in [1.807, 2.05) is 28.8 Å². The number of carbonyl (C=O) groups excluding carboxylic acids is 1. The highest BCUT2D eigenvalue weighted by Gasteiger charge is 2.27. The summed E-state index contributed by atoms with van der Waals surface area (Å²) < 4.78 is 39.0. The van der Waals surface area contributed by atoms with Crippen LogP contribution in [0.25, 0.3) is 28.0 Å². The van der Waals surface area contributed by atoms with Crippen molar-refractivity contribution in [2.75, 3.05) is 50.0 Å². The van der Waals surface area contributed by atoms with Crippen LogP contribution in [-0.4, -0.2) is 66.3 Å². The standard InChI is InChI=1S/C27H27F3N6O/c1-34-11-13-35(14-12-34)23-7-5-19(6-8-23)20-9-10-36-24(17-31-25(36)16-20)21-3-2-4-22(15-21)33-26(37)32-18-27(28,29)30/h2-10,15-17H,11-14,18H2,1H3,(H2,32,33,37). The number of alkyl halides is 3. The number of nitrogens with one attached hydrogen (secondary N) is 2. The van der Waals surface area contributed by atoms with E-state index in [1.165, 1.54) is 5.69 Å². The van der Waals surface area contributed by atoms with Gasteiger partial charge < -0.3 is 20.4 Å². The Bertz CT molecular complexity index is 1390. The molecule has 4 aromatic rings. The van der Waals surface area contributed by atoms with Crippen molar-refractivity contribution in [1.29, 1.82) is 0 Å². The molecule has 0 saturated carbocycles. The third-order valence-electron chi connectivity index (χ3n) is 6.45. The number of likely N-dealkylation sites (N-methyl/N-ethyl adjacent to an activating group) is 1. The van der Waals surface area contributed by atoms with Crippen LogP contribution in [-0.2, 0) is 0 Å². The van der Waals surface area contributed by atoms with Crippen LogP contribution in [0.4, 0.5) is 29.3 Å². The monoisotopic (exact) mass is 508 g/mol. The second kappa shape index (κ2) is 10.1. The number of piperazine rings is 1. The maximum absolute atomic E-state index is 12.3. The smallest absolute Gasteiger partial charge is 0.369 e. The maximum Gasteiger partial charge on any atom is 0.405 e. The third kappa shape index (κ3) is 5.86. The summed E-state index contributed by atoms with van der Waals surface area (Å²) >= 11 is 0. The number of hydrogen-bond donors (Lipinski definition) is 2. The molecule has 0 bridgehead atoms. The summed E-state index contributed by atoms with van der Waals surface area (Å²) in [6.07, 6.45) is -0.794. The van der Waals surface area contributed by atoms with Crippen LogP contribution in [0.5, 0.6) is 0 Å². The zero-order valence-corrected chi connectivity index (χ0v) is 20.3. The Balaban J connectivity index is 1.31. The summed E-state index contributed by atoms with van der Waals surface area (Å²) in [7, 11) is 2.15. The first-order valence-corrected chi connectivity index (χ1v) is 12.0. The van der Waals surface area contributed by atoms with Gasteiger partial charge in [-0.3, -0.25) is 4.40 Å². The Labute approximate surface area is 212 Å². The van der Waals surface area contributed by atoms with Crippen molar-refractivity contribution in [1.82, 2.24) is 19.6 Å². The molecule has 5 rings (SSSR count). The van der Waals surface area contributed by atoms with Crippen LogP contribution in [0.3, 0.4) is 0 Å². The molecule has 0 unspecified atom stereocenters. The topological polar surface area (TPSA) is 64.9 Å². The summed E-state index contributed by atoms with van der Waals surface area (Å²) in [5.74, 6) is 0. The zero-order valence-electron chi connectivity index (χ0n) is 20.3. The van der Waals surface area contributed by atoms with Gasteiger partial charge in [0.15, 0.2) is 0 Å². The first-order valence-electron chi connectivity index (χ1n) is 12.0. The van der Waals surface area contributed by atoms with E-state index in [-0.39, 0.29) is 0 Å². The predicted molar refractivity (Wildman–Crippen MR) is 139 cm³/mol. The van der Waals surface area contributed by atoms with Crippen LogP contribution in [0.15, 0.2) is 73.1 Å². The fourth-order valence-electron chi connectivity index (χ4n) is 4.42. The number of amides is 2. The van der Waals surface area contributed by atoms with Gasteiger partial charge in [0.05, 0.1) is 11.9 Å². The van der Waals surface area contributed by atoms with Gasteiger partial charge in [-0.1, -0.05) is 24.3 Å². The molecule has 0 spiro atoms. The van der Waals surface area contributed by atoms with Crippen molar-refractivity contribution in [3.63, 3.8) is 0 Å². The summed E-state index contributed by atoms with van der Waals surface area (Å²) in [6.45, 7) is 2.77. The zero-order chi connectivity index (χ0) is 26.0. The predicted octanol–water partition coefficient (Wildman–Crippen LogP) is 5.10. The van der Waals surface area contributed by atoms with Gasteiger partial charge in [0.2, 0.25) is 0 Å². The lowest BCUT2D eigenvalue weighted by atomic mass is 10.1. The molecular weight excluding hydrogens is 481 g/mol. The van der Waals surface area contributed by atoms with Crippen LogP contribution in [0.1, 0.15) is 0 Å². The van der Waals surface area contributed by atoms with E-state index in [2.05, 4.69) is 51.4 Å². The molecule has 7 nitrogen and oxygen atoms in total. The molecule has 0 radical (unpaired) electrons. The van der Waals surface area contributed by atoms with Crippen molar-refractivity contribution in [2.45, 2.75) is 6.18 Å². The number of carbonyl (C=O) groups is 1. The quantitative estimate of drug-likeness (QED) is 0.394. The van der Waals surface area contributed by atoms with E-state index < -0.39 is 18.8 Å². The van der Waals surface area contributed by atoms with Crippen molar-refractivity contribution in [3.05, 3.63) is 73.1 Å². The fourth-order valence-corrected chi connectivity index (χ4v) is 4.42. The number of imidazole rings is 1. The average Bonchev–Trinajstić information content (AvgIpc) is 3.31. The van der Waals surface area contributed by atoms with Gasteiger partial charge >= 0.3 is 12.2 Å². The molecule has 0 aliphatic carbocycles. The molecule has 2 aromatic carbocycles. The highest BCUT2D eigenvalue weighted by Crippen LogP contribution is 2.28. The number of anilines is 2. The number of pyridine rings is 1. The Kier molecular flexibility index (Phi) is 6.75. The minimum absolute atomic E-state index is 0.379. The summed E-state index contributed by atoms with van der Waals surface area (Å²) in [6, 6.07) is 18.6. The van der Waals surface area contributed by atoms with Crippen molar-refractivity contribution >= 4 is 23.1 Å². The lowest BCUT2D eigenvalue weighted by Gasteiger charge is -2.34. The van der Waals surface area contributed by atoms with Crippen molar-refractivity contribution < 1.29 is 18.0 Å². The van der Waals surface area contributed by atoms with Crippen molar-refractivity contribution in [3.8, 4) is 22.4 Å². The second-order valence-corrected chi connectivity index (χ2v) is 9.13. The van der Waals surface area contributed by atoms with Crippen LogP contribution in [0, 0.1) is 0 Å². The Morgan fingerprint density at radius 2 is 1.70 bits per heavy atom. The Morgan fingerprint density at radius 1 is 0.946 bits per heavy atom. The maximum atomic E-state index is 12.3. The molecular formula is C27H27F3N6O. The van der Waals surface area contributed by atoms with Gasteiger partial charge in [-0.2, -0.15) is 13.2 Å². The number of benzene rings is 2. The van der Waals surface area contributed by atoms with Gasteiger partial charge in [-0.05, 0) is 54.6 Å². The molecule has 10 heteroatoms. The normalized spacial score (nSPS) is 14.6. The van der Waals surface area contributed by atoms with E-state index in [4.69, 9.17) is 0 Å². The molecule has 192 valence electrons. The first-order chi connectivity index (χ1) is 17.7. The molecule has 3 heterocycles. The number of halogens is 3. The molecule has 1 aliphatic heterocycles. The minimum Gasteiger partial charge on any atom is -0.369 e. The van der Waals surface area contributed by atoms with E-state index >= 15 is 0 Å². The van der Waals surface area contributed by atoms with Crippen LogP contribution in [0.2, 0.25) is 0 Å². The molecule has 2 amide bonds. The fraction of sp³-hybridized carbons (Fsp3) is 0.259. The van der Waals surface area contributed by atoms with Gasteiger partial charge in [0.1, 0.15) is 12.2 Å².